The van der Waals surface area contributed by atoms with Crippen molar-refractivity contribution in [3.63, 3.8) is 0 Å². The Morgan fingerprint density at radius 1 is 0.240 bits per heavy atom. The quantitative estimate of drug-likeness (QED) is 0.0253. The maximum atomic E-state index is 13.4. The first-order valence-corrected chi connectivity index (χ1v) is 47.6. The summed E-state index contributed by atoms with van der Waals surface area (Å²) in [5.74, 6) is -7.83. The number of hydrogen-bond acceptors (Lipinski definition) is 54. The van der Waals surface area contributed by atoms with Crippen LogP contribution >= 0.6 is 0 Å². The van der Waals surface area contributed by atoms with Gasteiger partial charge in [-0.1, -0.05) is 0 Å². The van der Waals surface area contributed by atoms with Crippen LogP contribution in [0.2, 0.25) is 0 Å². The normalized spacial score (nSPS) is 39.2. The smallest absolute Gasteiger partial charge is 0.397 e. The van der Waals surface area contributed by atoms with Crippen LogP contribution in [0, 0.1) is 0 Å². The lowest BCUT2D eigenvalue weighted by molar-refractivity contribution is -0.377. The van der Waals surface area contributed by atoms with Crippen molar-refractivity contribution in [1.29, 1.82) is 0 Å². The highest BCUT2D eigenvalue weighted by Gasteiger charge is 2.64. The van der Waals surface area contributed by atoms with Crippen LogP contribution in [0.25, 0.3) is 0 Å². The van der Waals surface area contributed by atoms with Crippen LogP contribution in [0.5, 0.6) is 0 Å². The van der Waals surface area contributed by atoms with Crippen molar-refractivity contribution in [3.8, 4) is 0 Å². The van der Waals surface area contributed by atoms with Crippen molar-refractivity contribution in [2.75, 3.05) is 26.4 Å². The molecule has 125 heavy (non-hydrogen) atoms. The fourth-order valence-corrected chi connectivity index (χ4v) is 17.5. The van der Waals surface area contributed by atoms with E-state index in [1.165, 1.54) is 9.44 Å². The number of carboxylic acids is 3. The zero-order valence-electron chi connectivity index (χ0n) is 59.7. The van der Waals surface area contributed by atoms with Gasteiger partial charge in [-0.05, 0) is 0 Å². The van der Waals surface area contributed by atoms with E-state index in [-0.39, 0.29) is 0 Å². The Balaban J connectivity index is 1.26. The predicted molar refractivity (Wildman–Crippen MR) is 356 cm³/mol. The zero-order chi connectivity index (χ0) is 95.2. The number of aliphatic carboxylic acids is 3. The fourth-order valence-electron chi connectivity index (χ4n) is 12.4. The van der Waals surface area contributed by atoms with Gasteiger partial charge >= 0.3 is 132 Å². The molecule has 7 aliphatic rings. The van der Waals surface area contributed by atoms with Gasteiger partial charge in [-0.25, -0.2) is 43.7 Å². The Morgan fingerprint density at radius 3 is 0.696 bits per heavy atom. The minimum absolute atomic E-state index is 1.08. The van der Waals surface area contributed by atoms with E-state index in [9.17, 15) is 214 Å². The molecule has 7 heterocycles. The van der Waals surface area contributed by atoms with Gasteiger partial charge < -0.3 is 123 Å². The van der Waals surface area contributed by atoms with Crippen LogP contribution in [0.15, 0.2) is 0 Å². The van der Waals surface area contributed by atoms with Crippen LogP contribution in [0.3, 0.4) is 0 Å². The molecule has 83 heteroatoms. The van der Waals surface area contributed by atoms with E-state index in [4.69, 9.17) is 66.1 Å². The second-order valence-corrected chi connectivity index (χ2v) is 38.1. The molecule has 7 fully saturated rings. The Hall–Kier alpha value is -3.90. The second kappa shape index (κ2) is 40.9. The molecule has 7 rings (SSSR count). The average molecular weight is 2070 g/mol. The van der Waals surface area contributed by atoms with Gasteiger partial charge in [0, 0.05) is 0 Å². The molecule has 0 unspecified atom stereocenters. The van der Waals surface area contributed by atoms with Gasteiger partial charge in [-0.3, -0.25) is 50.1 Å². The van der Waals surface area contributed by atoms with Gasteiger partial charge in [0.25, 0.3) is 0 Å². The third-order valence-electron chi connectivity index (χ3n) is 17.1. The van der Waals surface area contributed by atoms with Crippen molar-refractivity contribution in [3.05, 3.63) is 0 Å². The van der Waals surface area contributed by atoms with Crippen LogP contribution in [-0.4, -0.2) is 463 Å². The Bertz CT molecular complexity index is 5130. The molecule has 0 aliphatic carbocycles. The van der Waals surface area contributed by atoms with Crippen LogP contribution in [-0.2, 0) is 219 Å². The van der Waals surface area contributed by atoms with Crippen molar-refractivity contribution in [2.45, 2.75) is 215 Å². The first kappa shape index (κ1) is 108. The molecule has 72 nitrogen and oxygen atoms in total. The van der Waals surface area contributed by atoms with E-state index in [1.807, 2.05) is 0 Å². The highest BCUT2D eigenvalue weighted by Crippen LogP contribution is 2.41. The summed E-state index contributed by atoms with van der Waals surface area (Å²) in [4.78, 5) is 39.4. The lowest BCUT2D eigenvalue weighted by atomic mass is 9.94. The third kappa shape index (κ3) is 31.4. The summed E-state index contributed by atoms with van der Waals surface area (Å²) < 4.78 is 478. The average Bonchev–Trinajstić information content (AvgIpc) is 0.757. The molecule has 0 saturated carbocycles. The summed E-state index contributed by atoms with van der Waals surface area (Å²) in [6.45, 7) is -7.49. The molecule has 0 amide bonds. The van der Waals surface area contributed by atoms with Crippen LogP contribution in [0.1, 0.15) is 0 Å². The summed E-state index contributed by atoms with van der Waals surface area (Å²) in [5, 5.41) is 134. The number of aliphatic hydroxyl groups excluding tert-OH is 9. The minimum atomic E-state index is -6.46. The highest BCUT2D eigenvalue weighted by molar-refractivity contribution is 7.85. The number of aliphatic hydroxyl groups is 9. The lowest BCUT2D eigenvalue weighted by Gasteiger charge is -2.50. The predicted octanol–water partition coefficient (Wildman–Crippen LogP) is -19.6. The molecule has 0 aromatic carbocycles. The summed E-state index contributed by atoms with van der Waals surface area (Å²) in [5.41, 5.74) is 0. The standard InChI is InChI=1S/C42H70N4O68S11/c47-13-5(1-95-119(74,75)76)100-37(10(14(13)48)44-116(65,66)67)106-24-18(52)28(113-124(89,90)91)41(110-30(24)33(55)56)104-22-7(3-97-121(80,81)82)102-39(12(16(22)50)46-118(71,72)73)108-26-20(54)29(114-125(92,93)94)42(111-32(26)35(59)60)105-23-8(4-98-122(83,84)85)101-38(11(17(23)51)45-117(68,69)70)107-25-19(53)27(112-123(86,87)88)40(109-31(25)34(57)58)103-21-6(2-96-120(77,78)79)99-36(61)9(15(21)49)43-115(62,63)64/h5-32,36-54,61H,1-4H2,(H,55,56)(H,57,58)(H,59,60)(H,62,63,64)(H,65,66,67)(H,68,69,70)(H,71,72,73)(H,74,75,76)(H,77,78,79)(H,80,81,82)(H,83,84,85)(H,86,87,88)(H,89,90,91)(H,92,93,94)/t5-,6-,7-,8-,9-,10-,11-,12-,13-,14-,15-,16-,17-,18+,19+,20+,21-,22-,23-,24+,25+,26+,27-,28-,29-,30-,31-,32-,36+,37-,38-,39-,40-,41-,42-/m1/s1. The number of rotatable bonds is 41. The topological polar surface area (TPSA) is 1120 Å². The fraction of sp³-hybridized carbons (Fsp3) is 0.929. The molecule has 0 bridgehead atoms. The molecule has 0 radical (unpaired) electrons. The van der Waals surface area contributed by atoms with Gasteiger partial charge in [0.15, 0.2) is 80.7 Å². The monoisotopic (exact) mass is 2070 g/mol. The summed E-state index contributed by atoms with van der Waals surface area (Å²) in [7, 11) is -66.0. The minimum Gasteiger partial charge on any atom is -0.479 e. The summed E-state index contributed by atoms with van der Waals surface area (Å²) in [6, 6.07) is -11.9. The molecule has 35 atom stereocenters. The number of carbonyl (C=O) groups is 3. The number of nitrogens with one attached hydrogen (secondary N) is 4. The van der Waals surface area contributed by atoms with Gasteiger partial charge in [0.2, 0.25) is 0 Å². The van der Waals surface area contributed by atoms with Crippen LogP contribution < -0.4 is 18.9 Å². The molecule has 7 saturated heterocycles. The molecular formula is C42H70N4O68S11. The van der Waals surface area contributed by atoms with Crippen molar-refractivity contribution in [1.82, 2.24) is 18.9 Å². The van der Waals surface area contributed by atoms with Crippen molar-refractivity contribution >= 4 is 132 Å². The molecule has 0 aromatic heterocycles. The molecule has 7 aliphatic heterocycles. The summed E-state index contributed by atoms with van der Waals surface area (Å²) in [6.07, 6.45) is -97.5. The maximum absolute atomic E-state index is 13.4. The van der Waals surface area contributed by atoms with E-state index in [2.05, 4.69) is 29.3 Å². The largest absolute Gasteiger partial charge is 0.479 e. The van der Waals surface area contributed by atoms with E-state index in [0.29, 0.717) is 0 Å². The Kier molecular flexibility index (Phi) is 35.4. The molecular weight excluding hydrogens is 2000 g/mol. The maximum Gasteiger partial charge on any atom is 0.397 e. The number of hydrogen-bond donors (Lipinski definition) is 27. The lowest BCUT2D eigenvalue weighted by Crippen LogP contribution is -2.71. The Labute approximate surface area is 697 Å². The van der Waals surface area contributed by atoms with E-state index in [0.717, 1.165) is 9.44 Å². The SMILES string of the molecule is O=C(O)[C@@H]1O[C@@H](O[C@H]2[C@H](O)[C@@H](NS(=O)(=O)O)[C@@H](O)O[C@@H]2COS(=O)(=O)O)[C@H](OS(=O)(=O)O)[C@@H](O)[C@@H]1O[C@H]1O[C@H](COS(=O)(=O)O)[C@@H](O[C@@H]2O[C@@H](C(=O)O)[C@@H](O[C@H]3O[C@H](COS(=O)(=O)O)[C@@H](O[C@@H]4O[C@@H](C(=O)O)[C@@H](O[C@H]5O[C@H](COS(=O)(=O)O)[C@@H](O)[C@H](O)[C@H]5NS(=O)(=O)O)[C@H](O)[C@H]4OS(=O)(=O)O)[C@H](O)[C@H]3NS(=O)(=O)O)[C@H](O)[C@H]2OS(=O)(=O)O)[C@H](O)[C@H]1NS(=O)(=O)O. The van der Waals surface area contributed by atoms with Crippen LogP contribution in [0.4, 0.5) is 0 Å². The first-order chi connectivity index (χ1) is 56.5. The van der Waals surface area contributed by atoms with Crippen molar-refractivity contribution < 1.29 is 309 Å². The number of ether oxygens (including phenoxy) is 13. The van der Waals surface area contributed by atoms with Crippen molar-refractivity contribution in [2.24, 2.45) is 0 Å². The molecule has 0 aromatic rings. The molecule has 27 N–H and O–H groups in total. The van der Waals surface area contributed by atoms with Gasteiger partial charge in [-0.15, -0.1) is 0 Å². The second-order valence-electron chi connectivity index (χ2n) is 25.8. The third-order valence-corrected chi connectivity index (χ3v) is 22.6. The van der Waals surface area contributed by atoms with E-state index >= 15 is 0 Å². The molecule has 732 valence electrons. The highest BCUT2D eigenvalue weighted by atomic mass is 32.3. The van der Waals surface area contributed by atoms with E-state index < -0.39 is 373 Å². The van der Waals surface area contributed by atoms with Gasteiger partial charge in [0.05, 0.1) is 26.4 Å². The van der Waals surface area contributed by atoms with Gasteiger partial charge in [-0.2, -0.15) is 111 Å². The van der Waals surface area contributed by atoms with Gasteiger partial charge in [0.1, 0.15) is 134 Å². The number of carboxylic acid groups (broad SMARTS) is 3. The zero-order valence-corrected chi connectivity index (χ0v) is 68.7. The first-order valence-electron chi connectivity index (χ1n) is 32.2. The summed E-state index contributed by atoms with van der Waals surface area (Å²) >= 11 is 0. The van der Waals surface area contributed by atoms with E-state index in [1.54, 1.807) is 0 Å². The molecule has 0 spiro atoms. The Morgan fingerprint density at radius 2 is 0.456 bits per heavy atom.